The highest BCUT2D eigenvalue weighted by Crippen LogP contribution is 2.34. The fourth-order valence-electron chi connectivity index (χ4n) is 3.64. The van der Waals surface area contributed by atoms with Gasteiger partial charge < -0.3 is 9.64 Å². The average molecular weight is 415 g/mol. The Labute approximate surface area is 172 Å². The highest BCUT2D eigenvalue weighted by Gasteiger charge is 2.29. The first-order chi connectivity index (χ1) is 13.7. The van der Waals surface area contributed by atoms with Crippen LogP contribution >= 0.6 is 23.1 Å². The second kappa shape index (κ2) is 8.36. The molecule has 6 nitrogen and oxygen atoms in total. The highest BCUT2D eigenvalue weighted by atomic mass is 32.2. The van der Waals surface area contributed by atoms with Crippen LogP contribution in [0.15, 0.2) is 40.2 Å². The van der Waals surface area contributed by atoms with Crippen LogP contribution < -0.4 is 4.74 Å². The lowest BCUT2D eigenvalue weighted by Gasteiger charge is -2.32. The van der Waals surface area contributed by atoms with E-state index in [0.29, 0.717) is 12.2 Å². The standard InChI is InChI=1S/C20H22N4O2S2/c1-26-15-7-3-5-13(9-15)16-10-21-23-18(16)14-6-4-8-24(11-14)19(25)17-12-28-20(22-17)27-2/h3,5,7,9-10,12,14H,4,6,8,11H2,1-2H3,(H,21,23)/t14-/m0/s1. The fraction of sp³-hybridized carbons (Fsp3) is 0.350. The summed E-state index contributed by atoms with van der Waals surface area (Å²) in [4.78, 5) is 19.3. The van der Waals surface area contributed by atoms with Crippen LogP contribution in [-0.4, -0.2) is 52.4 Å². The number of nitrogens with zero attached hydrogens (tertiary/aromatic N) is 3. The SMILES string of the molecule is COc1cccc(-c2cn[nH]c2[C@H]2CCCN(C(=O)c3csc(SC)n3)C2)c1. The number of benzene rings is 1. The first kappa shape index (κ1) is 19.0. The molecule has 4 rings (SSSR count). The molecule has 3 aromatic rings. The van der Waals surface area contributed by atoms with Crippen molar-refractivity contribution in [2.24, 2.45) is 0 Å². The van der Waals surface area contributed by atoms with Crippen molar-refractivity contribution >= 4 is 29.0 Å². The molecule has 0 saturated carbocycles. The zero-order valence-corrected chi connectivity index (χ0v) is 17.5. The first-order valence-electron chi connectivity index (χ1n) is 9.16. The summed E-state index contributed by atoms with van der Waals surface area (Å²) in [5, 5.41) is 9.32. The van der Waals surface area contributed by atoms with Crippen molar-refractivity contribution in [2.45, 2.75) is 23.1 Å². The Balaban J connectivity index is 1.55. The summed E-state index contributed by atoms with van der Waals surface area (Å²) in [5.74, 6) is 1.06. The van der Waals surface area contributed by atoms with E-state index < -0.39 is 0 Å². The molecule has 0 bridgehead atoms. The van der Waals surface area contributed by atoms with E-state index in [1.165, 1.54) is 11.3 Å². The Morgan fingerprint density at radius 2 is 2.32 bits per heavy atom. The number of thioether (sulfide) groups is 1. The zero-order valence-electron chi connectivity index (χ0n) is 15.8. The van der Waals surface area contributed by atoms with Gasteiger partial charge in [-0.1, -0.05) is 23.9 Å². The van der Waals surface area contributed by atoms with Crippen LogP contribution in [0.5, 0.6) is 5.75 Å². The van der Waals surface area contributed by atoms with Crippen molar-refractivity contribution in [2.75, 3.05) is 26.5 Å². The number of ether oxygens (including phenoxy) is 1. The number of piperidine rings is 1. The number of hydrogen-bond acceptors (Lipinski definition) is 6. The number of H-pyrrole nitrogens is 1. The van der Waals surface area contributed by atoms with Crippen molar-refractivity contribution in [1.29, 1.82) is 0 Å². The lowest BCUT2D eigenvalue weighted by molar-refractivity contribution is 0.0700. The summed E-state index contributed by atoms with van der Waals surface area (Å²) in [7, 11) is 1.67. The highest BCUT2D eigenvalue weighted by molar-refractivity contribution is 8.00. The lowest BCUT2D eigenvalue weighted by Crippen LogP contribution is -2.39. The van der Waals surface area contributed by atoms with Crippen molar-refractivity contribution in [1.82, 2.24) is 20.1 Å². The van der Waals surface area contributed by atoms with Crippen molar-refractivity contribution in [3.8, 4) is 16.9 Å². The van der Waals surface area contributed by atoms with Gasteiger partial charge in [0.1, 0.15) is 15.8 Å². The second-order valence-electron chi connectivity index (χ2n) is 6.72. The molecule has 1 atom stereocenters. The Bertz CT molecular complexity index is 969. The number of thiazole rings is 1. The minimum Gasteiger partial charge on any atom is -0.497 e. The van der Waals surface area contributed by atoms with Crippen LogP contribution in [0.4, 0.5) is 0 Å². The molecule has 1 aliphatic heterocycles. The predicted molar refractivity (Wildman–Crippen MR) is 112 cm³/mol. The monoisotopic (exact) mass is 414 g/mol. The maximum absolute atomic E-state index is 12.9. The minimum atomic E-state index is 0.0173. The van der Waals surface area contributed by atoms with Gasteiger partial charge in [-0.05, 0) is 36.8 Å². The normalized spacial score (nSPS) is 16.9. The van der Waals surface area contributed by atoms with E-state index in [0.717, 1.165) is 46.3 Å². The quantitative estimate of drug-likeness (QED) is 0.631. The molecule has 0 radical (unpaired) electrons. The van der Waals surface area contributed by atoms with Gasteiger partial charge in [-0.15, -0.1) is 11.3 Å². The number of aromatic nitrogens is 3. The molecule has 1 saturated heterocycles. The predicted octanol–water partition coefficient (Wildman–Crippen LogP) is 4.28. The van der Waals surface area contributed by atoms with Crippen LogP contribution in [0, 0.1) is 0 Å². The molecule has 28 heavy (non-hydrogen) atoms. The molecule has 0 aliphatic carbocycles. The molecule has 0 unspecified atom stereocenters. The summed E-state index contributed by atoms with van der Waals surface area (Å²) in [5.41, 5.74) is 3.76. The summed E-state index contributed by atoms with van der Waals surface area (Å²) >= 11 is 3.09. The molecule has 3 heterocycles. The molecule has 2 aromatic heterocycles. The first-order valence-corrected chi connectivity index (χ1v) is 11.3. The van der Waals surface area contributed by atoms with E-state index in [9.17, 15) is 4.79 Å². The second-order valence-corrected chi connectivity index (χ2v) is 8.63. The molecule has 1 aliphatic rings. The number of aromatic amines is 1. The zero-order chi connectivity index (χ0) is 19.5. The third-order valence-corrected chi connectivity index (χ3v) is 6.91. The number of methoxy groups -OCH3 is 1. The smallest absolute Gasteiger partial charge is 0.273 e. The summed E-state index contributed by atoms with van der Waals surface area (Å²) < 4.78 is 6.28. The third-order valence-electron chi connectivity index (χ3n) is 5.04. The fourth-order valence-corrected chi connectivity index (χ4v) is 4.87. The van der Waals surface area contributed by atoms with E-state index >= 15 is 0 Å². The maximum atomic E-state index is 12.9. The number of amides is 1. The Morgan fingerprint density at radius 3 is 3.11 bits per heavy atom. The van der Waals surface area contributed by atoms with Crippen LogP contribution in [0.3, 0.4) is 0 Å². The molecule has 1 amide bonds. The van der Waals surface area contributed by atoms with Crippen molar-refractivity contribution < 1.29 is 9.53 Å². The Kier molecular flexibility index (Phi) is 5.68. The maximum Gasteiger partial charge on any atom is 0.273 e. The van der Waals surface area contributed by atoms with Gasteiger partial charge in [-0.3, -0.25) is 9.89 Å². The third kappa shape index (κ3) is 3.79. The molecule has 0 spiro atoms. The molecular formula is C20H22N4O2S2. The van der Waals surface area contributed by atoms with Crippen LogP contribution in [0.25, 0.3) is 11.1 Å². The molecule has 1 N–H and O–H groups in total. The Hall–Kier alpha value is -2.32. The van der Waals surface area contributed by atoms with Crippen molar-refractivity contribution in [3.63, 3.8) is 0 Å². The van der Waals surface area contributed by atoms with Gasteiger partial charge in [-0.2, -0.15) is 5.10 Å². The Morgan fingerprint density at radius 1 is 1.43 bits per heavy atom. The number of nitrogens with one attached hydrogen (secondary N) is 1. The van der Waals surface area contributed by atoms with Gasteiger partial charge in [0.05, 0.1) is 13.3 Å². The molecular weight excluding hydrogens is 392 g/mol. The van der Waals surface area contributed by atoms with Gasteiger partial charge in [0, 0.05) is 35.6 Å². The van der Waals surface area contributed by atoms with E-state index in [2.05, 4.69) is 21.2 Å². The number of hydrogen-bond donors (Lipinski definition) is 1. The van der Waals surface area contributed by atoms with Gasteiger partial charge in [-0.25, -0.2) is 4.98 Å². The van der Waals surface area contributed by atoms with Crippen LogP contribution in [0.2, 0.25) is 0 Å². The largest absolute Gasteiger partial charge is 0.497 e. The number of carbonyl (C=O) groups excluding carboxylic acids is 1. The average Bonchev–Trinajstić information content (AvgIpc) is 3.43. The van der Waals surface area contributed by atoms with Crippen molar-refractivity contribution in [3.05, 3.63) is 47.2 Å². The minimum absolute atomic E-state index is 0.0173. The van der Waals surface area contributed by atoms with Crippen LogP contribution in [-0.2, 0) is 0 Å². The van der Waals surface area contributed by atoms with Gasteiger partial charge in [0.2, 0.25) is 0 Å². The van der Waals surface area contributed by atoms with E-state index in [1.807, 2.05) is 40.9 Å². The topological polar surface area (TPSA) is 71.1 Å². The van der Waals surface area contributed by atoms with Gasteiger partial charge in [0.15, 0.2) is 0 Å². The number of rotatable bonds is 5. The number of carbonyl (C=O) groups is 1. The summed E-state index contributed by atoms with van der Waals surface area (Å²) in [6, 6.07) is 7.98. The summed E-state index contributed by atoms with van der Waals surface area (Å²) in [6.07, 6.45) is 5.82. The molecule has 146 valence electrons. The van der Waals surface area contributed by atoms with Crippen LogP contribution in [0.1, 0.15) is 34.9 Å². The number of likely N-dealkylation sites (tertiary alicyclic amines) is 1. The summed E-state index contributed by atoms with van der Waals surface area (Å²) in [6.45, 7) is 1.44. The molecule has 1 aromatic carbocycles. The molecule has 1 fully saturated rings. The molecule has 8 heteroatoms. The van der Waals surface area contributed by atoms with E-state index in [1.54, 1.807) is 18.9 Å². The van der Waals surface area contributed by atoms with E-state index in [4.69, 9.17) is 4.74 Å². The van der Waals surface area contributed by atoms with Gasteiger partial charge >= 0.3 is 0 Å². The van der Waals surface area contributed by atoms with Gasteiger partial charge in [0.25, 0.3) is 5.91 Å². The lowest BCUT2D eigenvalue weighted by atomic mass is 9.90. The van der Waals surface area contributed by atoms with E-state index in [-0.39, 0.29) is 11.8 Å².